The topological polar surface area (TPSA) is 235 Å². The minimum Gasteiger partial charge on any atom is -0.508 e. The van der Waals surface area contributed by atoms with Gasteiger partial charge in [0.1, 0.15) is 23.9 Å². The van der Waals surface area contributed by atoms with Gasteiger partial charge in [0.15, 0.2) is 0 Å². The van der Waals surface area contributed by atoms with Crippen LogP contribution in [0.15, 0.2) is 54.6 Å². The van der Waals surface area contributed by atoms with Crippen molar-refractivity contribution < 1.29 is 33.9 Å². The van der Waals surface area contributed by atoms with Gasteiger partial charge in [-0.15, -0.1) is 0 Å². The number of amides is 6. The summed E-state index contributed by atoms with van der Waals surface area (Å²) in [6.07, 6.45) is 0.537. The molecule has 0 aliphatic heterocycles. The highest BCUT2D eigenvalue weighted by Crippen LogP contribution is 2.11. The van der Waals surface area contributed by atoms with Gasteiger partial charge in [-0.25, -0.2) is 0 Å². The standard InChI is InChI=1S/C31H43N7O7/c1-18(2)13-24(30(44)36-19(3)28(33)42)38-31(45)25(15-20-7-5-4-6-8-20)37-27(41)17-34-26(40)16-35-29(43)23(32)14-21-9-11-22(39)12-10-21/h4-12,18-19,23-25,39H,13-17,32H2,1-3H3,(H2,33,42)(H,34,40)(H,35,43)(H,36,44)(H,37,41)(H,38,45)/t19-,23-,24-,25-/m0/s1. The molecule has 2 aromatic rings. The summed E-state index contributed by atoms with van der Waals surface area (Å²) in [6.45, 7) is 4.24. The highest BCUT2D eigenvalue weighted by molar-refractivity contribution is 5.95. The number of aromatic hydroxyl groups is 1. The van der Waals surface area contributed by atoms with Crippen LogP contribution in [0.5, 0.6) is 5.75 Å². The Kier molecular flexibility index (Phi) is 14.5. The van der Waals surface area contributed by atoms with E-state index in [0.717, 1.165) is 11.1 Å². The number of carbonyl (C=O) groups is 6. The number of hydrogen-bond acceptors (Lipinski definition) is 8. The van der Waals surface area contributed by atoms with Crippen molar-refractivity contribution in [3.63, 3.8) is 0 Å². The monoisotopic (exact) mass is 625 g/mol. The first-order valence-corrected chi connectivity index (χ1v) is 14.6. The zero-order valence-corrected chi connectivity index (χ0v) is 25.7. The Bertz CT molecular complexity index is 1320. The normalized spacial score (nSPS) is 13.4. The fourth-order valence-electron chi connectivity index (χ4n) is 4.18. The molecule has 0 unspecified atom stereocenters. The summed E-state index contributed by atoms with van der Waals surface area (Å²) >= 11 is 0. The molecule has 0 radical (unpaired) electrons. The first-order valence-electron chi connectivity index (χ1n) is 14.6. The molecule has 4 atom stereocenters. The fraction of sp³-hybridized carbons (Fsp3) is 0.419. The van der Waals surface area contributed by atoms with Gasteiger partial charge in [-0.1, -0.05) is 56.3 Å². The van der Waals surface area contributed by atoms with E-state index in [2.05, 4.69) is 26.6 Å². The largest absolute Gasteiger partial charge is 0.508 e. The number of carbonyl (C=O) groups excluding carboxylic acids is 6. The number of nitrogens with two attached hydrogens (primary N) is 2. The van der Waals surface area contributed by atoms with Crippen molar-refractivity contribution in [1.82, 2.24) is 26.6 Å². The van der Waals surface area contributed by atoms with Crippen molar-refractivity contribution in [1.29, 1.82) is 0 Å². The molecule has 45 heavy (non-hydrogen) atoms. The predicted octanol–water partition coefficient (Wildman–Crippen LogP) is -1.26. The second-order valence-corrected chi connectivity index (χ2v) is 11.1. The summed E-state index contributed by atoms with van der Waals surface area (Å²) in [7, 11) is 0. The molecule has 10 N–H and O–H groups in total. The van der Waals surface area contributed by atoms with E-state index in [1.165, 1.54) is 19.1 Å². The van der Waals surface area contributed by atoms with Crippen molar-refractivity contribution >= 4 is 35.4 Å². The third-order valence-electron chi connectivity index (χ3n) is 6.66. The number of benzene rings is 2. The number of phenols is 1. The summed E-state index contributed by atoms with van der Waals surface area (Å²) in [5, 5.41) is 21.9. The Labute approximate surface area is 262 Å². The molecule has 6 amide bonds. The molecular weight excluding hydrogens is 582 g/mol. The summed E-state index contributed by atoms with van der Waals surface area (Å²) in [5.41, 5.74) is 12.6. The van der Waals surface area contributed by atoms with Crippen LogP contribution in [-0.2, 0) is 41.6 Å². The summed E-state index contributed by atoms with van der Waals surface area (Å²) < 4.78 is 0. The lowest BCUT2D eigenvalue weighted by molar-refractivity contribution is -0.133. The number of nitrogens with one attached hydrogen (secondary N) is 5. The van der Waals surface area contributed by atoms with Crippen molar-refractivity contribution in [2.45, 2.75) is 64.2 Å². The molecular formula is C31H43N7O7. The molecule has 2 aromatic carbocycles. The Hall–Kier alpha value is -4.98. The number of hydrogen-bond donors (Lipinski definition) is 8. The van der Waals surface area contributed by atoms with Gasteiger partial charge in [-0.05, 0) is 48.9 Å². The molecule has 0 bridgehead atoms. The van der Waals surface area contributed by atoms with E-state index in [9.17, 15) is 33.9 Å². The lowest BCUT2D eigenvalue weighted by Gasteiger charge is -2.25. The first kappa shape index (κ1) is 36.2. The Morgan fingerprint density at radius 1 is 0.689 bits per heavy atom. The summed E-state index contributed by atoms with van der Waals surface area (Å²) in [6, 6.07) is 11.1. The van der Waals surface area contributed by atoms with Gasteiger partial charge in [-0.2, -0.15) is 0 Å². The molecule has 0 spiro atoms. The lowest BCUT2D eigenvalue weighted by Crippen LogP contribution is -2.57. The van der Waals surface area contributed by atoms with Gasteiger partial charge in [0.05, 0.1) is 19.1 Å². The molecule has 0 saturated heterocycles. The molecule has 0 aliphatic rings. The maximum absolute atomic E-state index is 13.4. The molecule has 2 rings (SSSR count). The molecule has 0 heterocycles. The highest BCUT2D eigenvalue weighted by Gasteiger charge is 2.29. The molecule has 14 heteroatoms. The first-order chi connectivity index (χ1) is 21.2. The molecule has 0 aromatic heterocycles. The van der Waals surface area contributed by atoms with E-state index in [0.29, 0.717) is 0 Å². The third-order valence-corrected chi connectivity index (χ3v) is 6.66. The van der Waals surface area contributed by atoms with Crippen LogP contribution < -0.4 is 38.1 Å². The van der Waals surface area contributed by atoms with Gasteiger partial charge in [0, 0.05) is 6.42 Å². The van der Waals surface area contributed by atoms with E-state index in [1.54, 1.807) is 42.5 Å². The highest BCUT2D eigenvalue weighted by atomic mass is 16.3. The van der Waals surface area contributed by atoms with Crippen molar-refractivity contribution in [2.75, 3.05) is 13.1 Å². The van der Waals surface area contributed by atoms with Crippen LogP contribution in [0, 0.1) is 5.92 Å². The maximum atomic E-state index is 13.4. The smallest absolute Gasteiger partial charge is 0.243 e. The van der Waals surface area contributed by atoms with Crippen molar-refractivity contribution in [2.24, 2.45) is 17.4 Å². The van der Waals surface area contributed by atoms with Crippen LogP contribution in [0.25, 0.3) is 0 Å². The summed E-state index contributed by atoms with van der Waals surface area (Å²) in [5.74, 6) is -3.79. The van der Waals surface area contributed by atoms with E-state index < -0.39 is 72.7 Å². The van der Waals surface area contributed by atoms with E-state index >= 15 is 0 Å². The molecule has 14 nitrogen and oxygen atoms in total. The second kappa shape index (κ2) is 18.0. The van der Waals surface area contributed by atoms with Crippen LogP contribution in [0.1, 0.15) is 38.3 Å². The number of primary amides is 1. The molecule has 0 aliphatic carbocycles. The zero-order valence-electron chi connectivity index (χ0n) is 25.7. The fourth-order valence-corrected chi connectivity index (χ4v) is 4.18. The zero-order chi connectivity index (χ0) is 33.5. The molecule has 0 fully saturated rings. The molecule has 0 saturated carbocycles. The quantitative estimate of drug-likeness (QED) is 0.105. The Morgan fingerprint density at radius 3 is 1.87 bits per heavy atom. The van der Waals surface area contributed by atoms with Crippen LogP contribution in [0.3, 0.4) is 0 Å². The van der Waals surface area contributed by atoms with Crippen molar-refractivity contribution in [3.05, 3.63) is 65.7 Å². The van der Waals surface area contributed by atoms with Crippen LogP contribution in [0.4, 0.5) is 0 Å². The minimum absolute atomic E-state index is 0.00478. The minimum atomic E-state index is -1.11. The van der Waals surface area contributed by atoms with Gasteiger partial charge < -0.3 is 43.2 Å². The van der Waals surface area contributed by atoms with E-state index in [-0.39, 0.29) is 30.9 Å². The van der Waals surface area contributed by atoms with Gasteiger partial charge in [-0.3, -0.25) is 28.8 Å². The van der Waals surface area contributed by atoms with Gasteiger partial charge in [0.2, 0.25) is 35.4 Å². The van der Waals surface area contributed by atoms with Gasteiger partial charge in [0.25, 0.3) is 0 Å². The molecule has 244 valence electrons. The average molecular weight is 626 g/mol. The third kappa shape index (κ3) is 13.5. The maximum Gasteiger partial charge on any atom is 0.243 e. The lowest BCUT2D eigenvalue weighted by atomic mass is 10.0. The van der Waals surface area contributed by atoms with Gasteiger partial charge >= 0.3 is 0 Å². The Balaban J connectivity index is 1.97. The SMILES string of the molecule is CC(C)C[C@H](NC(=O)[C@H](Cc1ccccc1)NC(=O)CNC(=O)CNC(=O)[C@@H](N)Cc1ccc(O)cc1)C(=O)N[C@@H](C)C(N)=O. The predicted molar refractivity (Wildman–Crippen MR) is 166 cm³/mol. The second-order valence-electron chi connectivity index (χ2n) is 11.1. The number of phenolic OH excluding ortho intramolecular Hbond substituents is 1. The summed E-state index contributed by atoms with van der Waals surface area (Å²) in [4.78, 5) is 75.1. The number of rotatable bonds is 17. The van der Waals surface area contributed by atoms with Crippen LogP contribution >= 0.6 is 0 Å². The van der Waals surface area contributed by atoms with Crippen LogP contribution in [0.2, 0.25) is 0 Å². The van der Waals surface area contributed by atoms with Crippen LogP contribution in [-0.4, -0.2) is 77.8 Å². The average Bonchev–Trinajstić information content (AvgIpc) is 2.99. The van der Waals surface area contributed by atoms with E-state index in [1.807, 2.05) is 13.8 Å². The van der Waals surface area contributed by atoms with E-state index in [4.69, 9.17) is 11.5 Å². The Morgan fingerprint density at radius 2 is 1.27 bits per heavy atom. The van der Waals surface area contributed by atoms with Crippen molar-refractivity contribution in [3.8, 4) is 5.75 Å².